The van der Waals surface area contributed by atoms with E-state index < -0.39 is 47.2 Å². The summed E-state index contributed by atoms with van der Waals surface area (Å²) in [6.07, 6.45) is 0.496. The fourth-order valence-corrected chi connectivity index (χ4v) is 2.49. The Kier molecular flexibility index (Phi) is 5.71. The number of esters is 2. The highest BCUT2D eigenvalue weighted by Gasteiger charge is 2.28. The number of rotatable bonds is 5. The number of carbonyl (C=O) groups is 2. The Balaban J connectivity index is 2.69. The number of aromatic nitrogens is 1. The molecule has 0 bridgehead atoms. The van der Waals surface area contributed by atoms with E-state index in [9.17, 15) is 28.3 Å². The molecule has 2 N–H and O–H groups in total. The monoisotopic (exact) mass is 367 g/mol. The number of carbonyl (C=O) groups excluding carboxylic acids is 2. The van der Waals surface area contributed by atoms with Crippen molar-refractivity contribution in [1.82, 2.24) is 4.98 Å². The van der Waals surface area contributed by atoms with Gasteiger partial charge in [0.05, 0.1) is 26.2 Å². The second kappa shape index (κ2) is 7.77. The largest absolute Gasteiger partial charge is 0.506 e. The Labute approximate surface area is 146 Å². The number of aromatic hydroxyl groups is 1. The number of hydrogen-bond donors (Lipinski definition) is 2. The summed E-state index contributed by atoms with van der Waals surface area (Å²) in [4.78, 5) is 38.0. The molecule has 7 nitrogen and oxygen atoms in total. The molecule has 0 radical (unpaired) electrons. The number of nitrogens with one attached hydrogen (secondary N) is 1. The van der Waals surface area contributed by atoms with Gasteiger partial charge in [0.1, 0.15) is 11.3 Å². The maximum absolute atomic E-state index is 13.6. The van der Waals surface area contributed by atoms with Crippen LogP contribution in [0.15, 0.2) is 29.2 Å². The number of hydrogen-bond acceptors (Lipinski definition) is 6. The molecule has 9 heteroatoms. The highest BCUT2D eigenvalue weighted by atomic mass is 19.2. The van der Waals surface area contributed by atoms with Gasteiger partial charge in [0, 0.05) is 12.1 Å². The van der Waals surface area contributed by atoms with Gasteiger partial charge in [0.2, 0.25) is 0 Å². The van der Waals surface area contributed by atoms with E-state index >= 15 is 0 Å². The molecule has 0 spiro atoms. The Morgan fingerprint density at radius 3 is 2.46 bits per heavy atom. The van der Waals surface area contributed by atoms with E-state index in [1.54, 1.807) is 0 Å². The highest BCUT2D eigenvalue weighted by Crippen LogP contribution is 2.34. The summed E-state index contributed by atoms with van der Waals surface area (Å²) in [5.74, 6) is -5.92. The fraction of sp³-hybridized carbons (Fsp3) is 0.235. The molecule has 0 saturated carbocycles. The predicted octanol–water partition coefficient (Wildman–Crippen LogP) is 1.84. The van der Waals surface area contributed by atoms with Crippen molar-refractivity contribution in [2.45, 2.75) is 12.3 Å². The molecule has 0 fully saturated rings. The van der Waals surface area contributed by atoms with Crippen LogP contribution in [-0.2, 0) is 14.3 Å². The van der Waals surface area contributed by atoms with Crippen molar-refractivity contribution in [3.8, 4) is 5.75 Å². The average molecular weight is 367 g/mol. The summed E-state index contributed by atoms with van der Waals surface area (Å²) in [5, 5.41) is 10.4. The lowest BCUT2D eigenvalue weighted by atomic mass is 9.87. The normalized spacial score (nSPS) is 11.7. The van der Waals surface area contributed by atoms with Crippen molar-refractivity contribution < 1.29 is 33.0 Å². The maximum atomic E-state index is 13.6. The zero-order valence-corrected chi connectivity index (χ0v) is 13.8. The summed E-state index contributed by atoms with van der Waals surface area (Å²) in [6, 6.07) is 2.78. The summed E-state index contributed by atoms with van der Waals surface area (Å²) in [6.45, 7) is 0. The molecule has 1 atom stereocenters. The lowest BCUT2D eigenvalue weighted by Gasteiger charge is -2.18. The van der Waals surface area contributed by atoms with E-state index in [1.807, 2.05) is 0 Å². The first-order valence-electron chi connectivity index (χ1n) is 7.34. The van der Waals surface area contributed by atoms with Gasteiger partial charge in [0.25, 0.3) is 5.56 Å². The SMILES string of the molecule is COC(=O)CC(c1ccc(F)c(F)c1)c1c(O)c(C(=O)OC)c[nH]c1=O. The van der Waals surface area contributed by atoms with Crippen LogP contribution in [0.4, 0.5) is 8.78 Å². The smallest absolute Gasteiger partial charge is 0.343 e. The molecular weight excluding hydrogens is 352 g/mol. The van der Waals surface area contributed by atoms with E-state index in [0.29, 0.717) is 0 Å². The third kappa shape index (κ3) is 3.71. The van der Waals surface area contributed by atoms with Gasteiger partial charge in [-0.3, -0.25) is 9.59 Å². The first kappa shape index (κ1) is 19.1. The Morgan fingerprint density at radius 2 is 1.88 bits per heavy atom. The van der Waals surface area contributed by atoms with Crippen molar-refractivity contribution >= 4 is 11.9 Å². The minimum absolute atomic E-state index is 0.0390. The van der Waals surface area contributed by atoms with Gasteiger partial charge in [-0.25, -0.2) is 13.6 Å². The van der Waals surface area contributed by atoms with E-state index in [1.165, 1.54) is 0 Å². The molecule has 0 amide bonds. The number of pyridine rings is 1. The lowest BCUT2D eigenvalue weighted by molar-refractivity contribution is -0.140. The van der Waals surface area contributed by atoms with Crippen LogP contribution in [0.5, 0.6) is 5.75 Å². The second-order valence-electron chi connectivity index (χ2n) is 5.29. The second-order valence-corrected chi connectivity index (χ2v) is 5.29. The molecule has 2 rings (SSSR count). The Morgan fingerprint density at radius 1 is 1.19 bits per heavy atom. The summed E-state index contributed by atoms with van der Waals surface area (Å²) in [5.41, 5.74) is -1.49. The molecule has 0 aliphatic rings. The number of ether oxygens (including phenoxy) is 2. The van der Waals surface area contributed by atoms with Gasteiger partial charge >= 0.3 is 11.9 Å². The lowest BCUT2D eigenvalue weighted by Crippen LogP contribution is -2.22. The zero-order chi connectivity index (χ0) is 19.4. The minimum Gasteiger partial charge on any atom is -0.506 e. The van der Waals surface area contributed by atoms with E-state index in [4.69, 9.17) is 0 Å². The third-order valence-corrected chi connectivity index (χ3v) is 3.80. The van der Waals surface area contributed by atoms with Crippen LogP contribution < -0.4 is 5.56 Å². The minimum atomic E-state index is -1.20. The average Bonchev–Trinajstić information content (AvgIpc) is 2.62. The van der Waals surface area contributed by atoms with Gasteiger partial charge in [-0.05, 0) is 17.7 Å². The van der Waals surface area contributed by atoms with Crippen LogP contribution in [0, 0.1) is 11.6 Å². The molecule has 0 saturated heterocycles. The van der Waals surface area contributed by atoms with E-state index in [-0.39, 0.29) is 16.7 Å². The fourth-order valence-electron chi connectivity index (χ4n) is 2.49. The van der Waals surface area contributed by atoms with Crippen LogP contribution in [0.2, 0.25) is 0 Å². The first-order valence-corrected chi connectivity index (χ1v) is 7.34. The summed E-state index contributed by atoms with van der Waals surface area (Å²) >= 11 is 0. The van der Waals surface area contributed by atoms with Crippen molar-refractivity contribution in [1.29, 1.82) is 0 Å². The van der Waals surface area contributed by atoms with E-state index in [2.05, 4.69) is 14.5 Å². The predicted molar refractivity (Wildman–Crippen MR) is 84.9 cm³/mol. The molecule has 0 aliphatic heterocycles. The number of halogens is 2. The maximum Gasteiger partial charge on any atom is 0.343 e. The Hall–Kier alpha value is -3.23. The number of aromatic amines is 1. The number of H-pyrrole nitrogens is 1. The van der Waals surface area contributed by atoms with Crippen LogP contribution >= 0.6 is 0 Å². The van der Waals surface area contributed by atoms with Gasteiger partial charge < -0.3 is 19.6 Å². The molecular formula is C17H15F2NO6. The van der Waals surface area contributed by atoms with Crippen LogP contribution in [0.25, 0.3) is 0 Å². The standard InChI is InChI=1S/C17H15F2NO6/c1-25-13(21)6-9(8-3-4-11(18)12(19)5-8)14-15(22)10(17(24)26-2)7-20-16(14)23/h3-5,7,9H,6H2,1-2H3,(H2,20,22,23). The zero-order valence-electron chi connectivity index (χ0n) is 13.8. The van der Waals surface area contributed by atoms with Crippen molar-refractivity contribution in [3.05, 3.63) is 63.1 Å². The molecule has 138 valence electrons. The Bertz CT molecular complexity index is 909. The van der Waals surface area contributed by atoms with Crippen LogP contribution in [-0.4, -0.2) is 36.2 Å². The van der Waals surface area contributed by atoms with Crippen molar-refractivity contribution in [2.24, 2.45) is 0 Å². The molecule has 0 aliphatic carbocycles. The third-order valence-electron chi connectivity index (χ3n) is 3.80. The van der Waals surface area contributed by atoms with Gasteiger partial charge in [0.15, 0.2) is 11.6 Å². The highest BCUT2D eigenvalue weighted by molar-refractivity contribution is 5.92. The van der Waals surface area contributed by atoms with Gasteiger partial charge in [-0.2, -0.15) is 0 Å². The molecule has 26 heavy (non-hydrogen) atoms. The van der Waals surface area contributed by atoms with E-state index in [0.717, 1.165) is 38.6 Å². The van der Waals surface area contributed by atoms with Gasteiger partial charge in [-0.1, -0.05) is 6.07 Å². The summed E-state index contributed by atoms with van der Waals surface area (Å²) < 4.78 is 35.9. The molecule has 1 heterocycles. The van der Waals surface area contributed by atoms with Crippen LogP contribution in [0.3, 0.4) is 0 Å². The van der Waals surface area contributed by atoms with Gasteiger partial charge in [-0.15, -0.1) is 0 Å². The molecule has 1 aromatic heterocycles. The topological polar surface area (TPSA) is 106 Å². The van der Waals surface area contributed by atoms with Crippen molar-refractivity contribution in [2.75, 3.05) is 14.2 Å². The molecule has 1 unspecified atom stereocenters. The quantitative estimate of drug-likeness (QED) is 0.781. The van der Waals surface area contributed by atoms with Crippen LogP contribution in [0.1, 0.15) is 33.8 Å². The number of methoxy groups -OCH3 is 2. The first-order chi connectivity index (χ1) is 12.3. The summed E-state index contributed by atoms with van der Waals surface area (Å²) in [7, 11) is 2.19. The molecule has 1 aromatic carbocycles. The molecule has 2 aromatic rings. The number of benzene rings is 1. The van der Waals surface area contributed by atoms with Crippen molar-refractivity contribution in [3.63, 3.8) is 0 Å².